The first-order valence-electron chi connectivity index (χ1n) is 9.27. The van der Waals surface area contributed by atoms with Crippen LogP contribution >= 0.6 is 0 Å². The summed E-state index contributed by atoms with van der Waals surface area (Å²) in [5.41, 5.74) is 2.82. The molecule has 1 aliphatic heterocycles. The first kappa shape index (κ1) is 19.0. The number of nitrogens with one attached hydrogen (secondary N) is 1. The van der Waals surface area contributed by atoms with Crippen molar-refractivity contribution in [2.75, 3.05) is 44.2 Å². The molecule has 1 heterocycles. The van der Waals surface area contributed by atoms with Gasteiger partial charge in [0.05, 0.1) is 12.2 Å². The number of urea groups is 1. The predicted octanol–water partition coefficient (Wildman–Crippen LogP) is 3.35. The Bertz CT molecular complexity index is 789. The molecule has 0 radical (unpaired) electrons. The number of piperazine rings is 1. The number of anilines is 1. The van der Waals surface area contributed by atoms with Crippen molar-refractivity contribution in [3.05, 3.63) is 59.4 Å². The number of ether oxygens (including phenoxy) is 1. The van der Waals surface area contributed by atoms with Gasteiger partial charge in [-0.3, -0.25) is 0 Å². The highest BCUT2D eigenvalue weighted by Crippen LogP contribution is 2.20. The van der Waals surface area contributed by atoms with Crippen LogP contribution < -0.4 is 15.0 Å². The first-order chi connectivity index (χ1) is 13.0. The van der Waals surface area contributed by atoms with E-state index in [0.29, 0.717) is 45.0 Å². The fraction of sp³-hybridized carbons (Fsp3) is 0.381. The number of halogens is 1. The average Bonchev–Trinajstić information content (AvgIpc) is 2.68. The monoisotopic (exact) mass is 371 g/mol. The molecule has 2 aromatic rings. The van der Waals surface area contributed by atoms with E-state index in [9.17, 15) is 9.18 Å². The van der Waals surface area contributed by atoms with Gasteiger partial charge < -0.3 is 19.9 Å². The molecule has 0 unspecified atom stereocenters. The molecule has 2 aromatic carbocycles. The van der Waals surface area contributed by atoms with Gasteiger partial charge >= 0.3 is 6.03 Å². The summed E-state index contributed by atoms with van der Waals surface area (Å²) in [4.78, 5) is 16.0. The molecule has 0 bridgehead atoms. The van der Waals surface area contributed by atoms with Crippen molar-refractivity contribution < 1.29 is 13.9 Å². The number of nitrogens with zero attached hydrogens (tertiary/aromatic N) is 2. The van der Waals surface area contributed by atoms with Gasteiger partial charge in [0, 0.05) is 26.2 Å². The highest BCUT2D eigenvalue weighted by Gasteiger charge is 2.22. The largest absolute Gasteiger partial charge is 0.491 e. The van der Waals surface area contributed by atoms with Crippen LogP contribution in [0.25, 0.3) is 0 Å². The molecule has 0 atom stereocenters. The number of benzene rings is 2. The normalized spacial score (nSPS) is 14.2. The van der Waals surface area contributed by atoms with Crippen LogP contribution in [0, 0.1) is 19.7 Å². The van der Waals surface area contributed by atoms with E-state index in [0.717, 1.165) is 16.9 Å². The molecule has 0 aliphatic carbocycles. The smallest absolute Gasteiger partial charge is 0.317 e. The number of carbonyl (C=O) groups excluding carboxylic acids is 1. The van der Waals surface area contributed by atoms with Crippen LogP contribution in [0.3, 0.4) is 0 Å². The van der Waals surface area contributed by atoms with E-state index >= 15 is 0 Å². The van der Waals surface area contributed by atoms with E-state index in [4.69, 9.17) is 4.74 Å². The second-order valence-electron chi connectivity index (χ2n) is 6.77. The Morgan fingerprint density at radius 3 is 2.59 bits per heavy atom. The molecular formula is C21H26FN3O2. The van der Waals surface area contributed by atoms with Crippen molar-refractivity contribution in [2.24, 2.45) is 0 Å². The lowest BCUT2D eigenvalue weighted by Gasteiger charge is -2.36. The fourth-order valence-corrected chi connectivity index (χ4v) is 3.15. The molecule has 144 valence electrons. The highest BCUT2D eigenvalue weighted by atomic mass is 19.1. The number of hydrogen-bond donors (Lipinski definition) is 1. The molecule has 0 saturated carbocycles. The Labute approximate surface area is 159 Å². The van der Waals surface area contributed by atoms with Gasteiger partial charge in [-0.05, 0) is 43.2 Å². The van der Waals surface area contributed by atoms with Crippen LogP contribution in [-0.4, -0.2) is 50.3 Å². The fourth-order valence-electron chi connectivity index (χ4n) is 3.15. The summed E-state index contributed by atoms with van der Waals surface area (Å²) in [6.45, 7) is 7.26. The maximum Gasteiger partial charge on any atom is 0.317 e. The minimum atomic E-state index is -0.223. The van der Waals surface area contributed by atoms with E-state index in [1.807, 2.05) is 43.0 Å². The summed E-state index contributed by atoms with van der Waals surface area (Å²) < 4.78 is 19.6. The third-order valence-electron chi connectivity index (χ3n) is 4.74. The molecule has 0 spiro atoms. The number of amides is 2. The molecular weight excluding hydrogens is 345 g/mol. The molecule has 1 N–H and O–H groups in total. The van der Waals surface area contributed by atoms with Crippen molar-refractivity contribution in [1.82, 2.24) is 10.2 Å². The van der Waals surface area contributed by atoms with Crippen molar-refractivity contribution >= 4 is 11.7 Å². The highest BCUT2D eigenvalue weighted by molar-refractivity contribution is 5.74. The lowest BCUT2D eigenvalue weighted by molar-refractivity contribution is 0.191. The number of carbonyl (C=O) groups is 1. The third-order valence-corrected chi connectivity index (χ3v) is 4.74. The Hall–Kier alpha value is -2.76. The van der Waals surface area contributed by atoms with Gasteiger partial charge in [0.15, 0.2) is 0 Å². The summed E-state index contributed by atoms with van der Waals surface area (Å²) >= 11 is 0. The maximum atomic E-state index is 13.9. The van der Waals surface area contributed by atoms with Crippen molar-refractivity contribution in [1.29, 1.82) is 0 Å². The third kappa shape index (κ3) is 4.90. The summed E-state index contributed by atoms with van der Waals surface area (Å²) in [5, 5.41) is 2.89. The molecule has 3 rings (SSSR count). The Morgan fingerprint density at radius 1 is 1.11 bits per heavy atom. The molecule has 1 aliphatic rings. The zero-order chi connectivity index (χ0) is 19.2. The Morgan fingerprint density at radius 2 is 1.85 bits per heavy atom. The SMILES string of the molecule is Cc1ccc(C)c(OCCNC(=O)N2CCN(c3ccccc3F)CC2)c1. The quantitative estimate of drug-likeness (QED) is 0.820. The van der Waals surface area contributed by atoms with Gasteiger partial charge in [-0.25, -0.2) is 9.18 Å². The van der Waals surface area contributed by atoms with Gasteiger partial charge in [-0.2, -0.15) is 0 Å². The van der Waals surface area contributed by atoms with Crippen LogP contribution in [0.2, 0.25) is 0 Å². The standard InChI is InChI=1S/C21H26FN3O2/c1-16-7-8-17(2)20(15-16)27-14-9-23-21(26)25-12-10-24(11-13-25)19-6-4-3-5-18(19)22/h3-8,15H,9-14H2,1-2H3,(H,23,26). The predicted molar refractivity (Wildman–Crippen MR) is 105 cm³/mol. The lowest BCUT2D eigenvalue weighted by Crippen LogP contribution is -2.52. The Kier molecular flexibility index (Phi) is 6.16. The summed E-state index contributed by atoms with van der Waals surface area (Å²) in [7, 11) is 0. The van der Waals surface area contributed by atoms with Crippen molar-refractivity contribution in [3.63, 3.8) is 0 Å². The summed E-state index contributed by atoms with van der Waals surface area (Å²) in [6.07, 6.45) is 0. The number of hydrogen-bond acceptors (Lipinski definition) is 3. The van der Waals surface area contributed by atoms with Gasteiger partial charge in [0.25, 0.3) is 0 Å². The van der Waals surface area contributed by atoms with E-state index < -0.39 is 0 Å². The van der Waals surface area contributed by atoms with Crippen LogP contribution in [0.5, 0.6) is 5.75 Å². The van der Waals surface area contributed by atoms with Gasteiger partial charge in [-0.15, -0.1) is 0 Å². The molecule has 1 fully saturated rings. The van der Waals surface area contributed by atoms with E-state index in [1.54, 1.807) is 17.0 Å². The molecule has 2 amide bonds. The molecule has 1 saturated heterocycles. The second-order valence-corrected chi connectivity index (χ2v) is 6.77. The Balaban J connectivity index is 1.41. The number of para-hydroxylation sites is 1. The van der Waals surface area contributed by atoms with Crippen molar-refractivity contribution in [2.45, 2.75) is 13.8 Å². The van der Waals surface area contributed by atoms with Crippen LogP contribution in [0.1, 0.15) is 11.1 Å². The zero-order valence-corrected chi connectivity index (χ0v) is 15.9. The molecule has 5 nitrogen and oxygen atoms in total. The maximum absolute atomic E-state index is 13.9. The average molecular weight is 371 g/mol. The number of aryl methyl sites for hydroxylation is 2. The summed E-state index contributed by atoms with van der Waals surface area (Å²) in [6, 6.07) is 12.7. The van der Waals surface area contributed by atoms with E-state index in [2.05, 4.69) is 5.32 Å². The molecule has 27 heavy (non-hydrogen) atoms. The molecule has 0 aromatic heterocycles. The lowest BCUT2D eigenvalue weighted by atomic mass is 10.1. The topological polar surface area (TPSA) is 44.8 Å². The van der Waals surface area contributed by atoms with E-state index in [-0.39, 0.29) is 11.8 Å². The van der Waals surface area contributed by atoms with Crippen molar-refractivity contribution in [3.8, 4) is 5.75 Å². The van der Waals surface area contributed by atoms with Crippen LogP contribution in [-0.2, 0) is 0 Å². The summed E-state index contributed by atoms with van der Waals surface area (Å²) in [5.74, 6) is 0.627. The van der Waals surface area contributed by atoms with Gasteiger partial charge in [0.1, 0.15) is 18.2 Å². The molecule has 6 heteroatoms. The second kappa shape index (κ2) is 8.75. The van der Waals surface area contributed by atoms with Crippen LogP contribution in [0.15, 0.2) is 42.5 Å². The number of rotatable bonds is 5. The minimum Gasteiger partial charge on any atom is -0.491 e. The van der Waals surface area contributed by atoms with Gasteiger partial charge in [-0.1, -0.05) is 24.3 Å². The van der Waals surface area contributed by atoms with Crippen LogP contribution in [0.4, 0.5) is 14.9 Å². The van der Waals surface area contributed by atoms with Gasteiger partial charge in [0.2, 0.25) is 0 Å². The first-order valence-corrected chi connectivity index (χ1v) is 9.27. The minimum absolute atomic E-state index is 0.104. The van der Waals surface area contributed by atoms with E-state index in [1.165, 1.54) is 6.07 Å². The zero-order valence-electron chi connectivity index (χ0n) is 15.9.